The van der Waals surface area contributed by atoms with E-state index in [-0.39, 0.29) is 35.7 Å². The first-order valence-electron chi connectivity index (χ1n) is 11.7. The van der Waals surface area contributed by atoms with Crippen molar-refractivity contribution < 1.29 is 24.2 Å². The van der Waals surface area contributed by atoms with Gasteiger partial charge in [0.25, 0.3) is 0 Å². The first-order valence-corrected chi connectivity index (χ1v) is 12.4. The highest BCUT2D eigenvalue weighted by Gasteiger charge is 2.54. The molecule has 190 valence electrons. The molecule has 2 N–H and O–H groups in total. The highest BCUT2D eigenvalue weighted by atomic mass is 35.5. The van der Waals surface area contributed by atoms with Gasteiger partial charge in [0.1, 0.15) is 18.4 Å². The molecule has 0 spiro atoms. The Morgan fingerprint density at radius 3 is 2.31 bits per heavy atom. The standard InChI is InChI=1S/C27H33Cl2NO5/c1-26(2)20(12-13-27(26,3)16-34-4)24(31)30-23(25(32)33)14-17-8-10-18(11-9-17)35-15-19-21(28)6-5-7-22(19)29/h5-11,20,23H,12-16H2,1-4H3,(H,30,31)(H,32,33)/t20-,23+,27+/m1/s1. The first-order chi connectivity index (χ1) is 16.5. The van der Waals surface area contributed by atoms with Gasteiger partial charge in [0.05, 0.1) is 6.61 Å². The molecule has 0 saturated heterocycles. The van der Waals surface area contributed by atoms with E-state index in [0.717, 1.165) is 12.0 Å². The fraction of sp³-hybridized carbons (Fsp3) is 0.481. The molecule has 0 aliphatic heterocycles. The Hall–Kier alpha value is -2.28. The summed E-state index contributed by atoms with van der Waals surface area (Å²) in [7, 11) is 1.66. The maximum atomic E-state index is 13.1. The van der Waals surface area contributed by atoms with Gasteiger partial charge in [-0.05, 0) is 53.5 Å². The van der Waals surface area contributed by atoms with E-state index >= 15 is 0 Å². The summed E-state index contributed by atoms with van der Waals surface area (Å²) in [4.78, 5) is 25.1. The highest BCUT2D eigenvalue weighted by molar-refractivity contribution is 6.35. The molecule has 2 aromatic rings. The predicted molar refractivity (Wildman–Crippen MR) is 137 cm³/mol. The average molecular weight is 522 g/mol. The van der Waals surface area contributed by atoms with Crippen molar-refractivity contribution in [2.75, 3.05) is 13.7 Å². The lowest BCUT2D eigenvalue weighted by Crippen LogP contribution is -2.49. The maximum absolute atomic E-state index is 13.1. The van der Waals surface area contributed by atoms with Gasteiger partial charge in [-0.25, -0.2) is 4.79 Å². The van der Waals surface area contributed by atoms with Crippen LogP contribution in [0, 0.1) is 16.7 Å². The number of amides is 1. The Morgan fingerprint density at radius 2 is 1.74 bits per heavy atom. The molecule has 8 heteroatoms. The molecule has 1 saturated carbocycles. The van der Waals surface area contributed by atoms with Crippen molar-refractivity contribution in [1.82, 2.24) is 5.32 Å². The molecular formula is C27H33Cl2NO5. The number of carboxylic acids is 1. The molecule has 0 bridgehead atoms. The van der Waals surface area contributed by atoms with Crippen LogP contribution in [0.5, 0.6) is 5.75 Å². The number of carboxylic acid groups (broad SMARTS) is 1. The summed E-state index contributed by atoms with van der Waals surface area (Å²) >= 11 is 12.4. The Bertz CT molecular complexity index is 1040. The molecule has 0 radical (unpaired) electrons. The molecule has 0 heterocycles. The number of ether oxygens (including phenoxy) is 2. The largest absolute Gasteiger partial charge is 0.489 e. The van der Waals surface area contributed by atoms with Gasteiger partial charge in [0.15, 0.2) is 0 Å². The lowest BCUT2D eigenvalue weighted by molar-refractivity contribution is -0.143. The lowest BCUT2D eigenvalue weighted by atomic mass is 9.66. The van der Waals surface area contributed by atoms with E-state index in [0.29, 0.717) is 34.4 Å². The maximum Gasteiger partial charge on any atom is 0.326 e. The zero-order valence-electron chi connectivity index (χ0n) is 20.6. The van der Waals surface area contributed by atoms with Crippen LogP contribution < -0.4 is 10.1 Å². The van der Waals surface area contributed by atoms with E-state index in [2.05, 4.69) is 26.1 Å². The molecule has 1 amide bonds. The summed E-state index contributed by atoms with van der Waals surface area (Å²) < 4.78 is 11.2. The SMILES string of the molecule is COC[C@]1(C)CC[C@H](C(=O)N[C@@H](Cc2ccc(OCc3c(Cl)cccc3Cl)cc2)C(=O)O)C1(C)C. The van der Waals surface area contributed by atoms with Crippen molar-refractivity contribution >= 4 is 35.1 Å². The van der Waals surface area contributed by atoms with Crippen molar-refractivity contribution in [3.63, 3.8) is 0 Å². The molecule has 2 aromatic carbocycles. The first kappa shape index (κ1) is 27.3. The van der Waals surface area contributed by atoms with E-state index < -0.39 is 12.0 Å². The van der Waals surface area contributed by atoms with Crippen LogP contribution in [0.4, 0.5) is 0 Å². The Morgan fingerprint density at radius 1 is 1.11 bits per heavy atom. The smallest absolute Gasteiger partial charge is 0.326 e. The third-order valence-corrected chi connectivity index (χ3v) is 8.32. The molecule has 3 rings (SSSR count). The van der Waals surface area contributed by atoms with Gasteiger partial charge in [-0.3, -0.25) is 4.79 Å². The minimum Gasteiger partial charge on any atom is -0.489 e. The monoisotopic (exact) mass is 521 g/mol. The van der Waals surface area contributed by atoms with Gasteiger partial charge in [-0.2, -0.15) is 0 Å². The van der Waals surface area contributed by atoms with Crippen LogP contribution >= 0.6 is 23.2 Å². The van der Waals surface area contributed by atoms with Crippen molar-refractivity contribution in [2.24, 2.45) is 16.7 Å². The van der Waals surface area contributed by atoms with Gasteiger partial charge >= 0.3 is 5.97 Å². The summed E-state index contributed by atoms with van der Waals surface area (Å²) in [5.74, 6) is -0.969. The number of nitrogens with one attached hydrogen (secondary N) is 1. The van der Waals surface area contributed by atoms with Crippen molar-refractivity contribution in [2.45, 2.75) is 52.7 Å². The van der Waals surface area contributed by atoms with E-state index in [1.54, 1.807) is 49.6 Å². The van der Waals surface area contributed by atoms with Crippen molar-refractivity contribution in [3.8, 4) is 5.75 Å². The van der Waals surface area contributed by atoms with Crippen LogP contribution in [0.2, 0.25) is 10.0 Å². The van der Waals surface area contributed by atoms with Crippen LogP contribution in [0.3, 0.4) is 0 Å². The molecule has 1 aliphatic carbocycles. The molecule has 6 nitrogen and oxygen atoms in total. The number of halogens is 2. The normalized spacial score (nSPS) is 21.9. The predicted octanol–water partition coefficient (Wildman–Crippen LogP) is 5.77. The van der Waals surface area contributed by atoms with E-state index in [1.807, 2.05) is 0 Å². The lowest BCUT2D eigenvalue weighted by Gasteiger charge is -2.41. The molecule has 1 aliphatic rings. The number of carbonyl (C=O) groups is 2. The Balaban J connectivity index is 1.62. The molecule has 0 unspecified atom stereocenters. The summed E-state index contributed by atoms with van der Waals surface area (Å²) in [5, 5.41) is 13.6. The zero-order chi connectivity index (χ0) is 25.8. The molecule has 1 fully saturated rings. The third-order valence-electron chi connectivity index (χ3n) is 7.61. The third kappa shape index (κ3) is 6.11. The van der Waals surface area contributed by atoms with E-state index in [4.69, 9.17) is 32.7 Å². The van der Waals surface area contributed by atoms with Gasteiger partial charge < -0.3 is 19.9 Å². The van der Waals surface area contributed by atoms with Crippen LogP contribution in [0.15, 0.2) is 42.5 Å². The number of carbonyl (C=O) groups excluding carboxylic acids is 1. The Kier molecular flexibility index (Phi) is 8.73. The minimum atomic E-state index is -1.07. The van der Waals surface area contributed by atoms with Crippen LogP contribution in [0.25, 0.3) is 0 Å². The van der Waals surface area contributed by atoms with Crippen LogP contribution in [0.1, 0.15) is 44.7 Å². The van der Waals surface area contributed by atoms with E-state index in [1.165, 1.54) is 0 Å². The van der Waals surface area contributed by atoms with Crippen molar-refractivity contribution in [3.05, 3.63) is 63.6 Å². The summed E-state index contributed by atoms with van der Waals surface area (Å²) in [5.41, 5.74) is 1.01. The van der Waals surface area contributed by atoms with Gasteiger partial charge in [-0.1, -0.05) is 62.2 Å². The van der Waals surface area contributed by atoms with Crippen LogP contribution in [-0.2, 0) is 27.4 Å². The topological polar surface area (TPSA) is 84.9 Å². The highest BCUT2D eigenvalue weighted by Crippen LogP contribution is 2.56. The summed E-state index contributed by atoms with van der Waals surface area (Å²) in [6, 6.07) is 11.4. The van der Waals surface area contributed by atoms with Gasteiger partial charge in [0.2, 0.25) is 5.91 Å². The number of hydrogen-bond donors (Lipinski definition) is 2. The van der Waals surface area contributed by atoms with E-state index in [9.17, 15) is 14.7 Å². The van der Waals surface area contributed by atoms with Gasteiger partial charge in [-0.15, -0.1) is 0 Å². The second kappa shape index (κ2) is 11.2. The van der Waals surface area contributed by atoms with Gasteiger partial charge in [0, 0.05) is 35.1 Å². The molecule has 3 atom stereocenters. The summed E-state index contributed by atoms with van der Waals surface area (Å²) in [6.45, 7) is 7.02. The number of methoxy groups -OCH3 is 1. The van der Waals surface area contributed by atoms with Crippen molar-refractivity contribution in [1.29, 1.82) is 0 Å². The fourth-order valence-electron chi connectivity index (χ4n) is 4.86. The number of hydrogen-bond acceptors (Lipinski definition) is 4. The fourth-order valence-corrected chi connectivity index (χ4v) is 5.36. The molecule has 0 aromatic heterocycles. The number of aliphatic carboxylic acids is 1. The molecular weight excluding hydrogens is 489 g/mol. The number of benzene rings is 2. The second-order valence-corrected chi connectivity index (χ2v) is 10.9. The number of rotatable bonds is 10. The quantitative estimate of drug-likeness (QED) is 0.414. The second-order valence-electron chi connectivity index (χ2n) is 10.0. The molecule has 35 heavy (non-hydrogen) atoms. The zero-order valence-corrected chi connectivity index (χ0v) is 22.1. The van der Waals surface area contributed by atoms with Crippen LogP contribution in [-0.4, -0.2) is 36.7 Å². The Labute approximate surface area is 216 Å². The minimum absolute atomic E-state index is 0.146. The average Bonchev–Trinajstić information content (AvgIpc) is 3.02. The summed E-state index contributed by atoms with van der Waals surface area (Å²) in [6.07, 6.45) is 1.72.